The highest BCUT2D eigenvalue weighted by atomic mass is 31.2. The average Bonchev–Trinajstić information content (AvgIpc) is 2.21. The molecule has 8 nitrogen and oxygen atoms in total. The molecule has 6 N–H and O–H groups in total. The molecule has 0 aromatic rings. The monoisotopic (exact) mass is 258 g/mol. The minimum Gasteiger partial charge on any atom is -0.394 e. The van der Waals surface area contributed by atoms with Crippen molar-refractivity contribution in [3.8, 4) is 0 Å². The van der Waals surface area contributed by atoms with Crippen molar-refractivity contribution in [1.82, 2.24) is 0 Å². The van der Waals surface area contributed by atoms with Gasteiger partial charge in [-0.3, -0.25) is 4.57 Å². The van der Waals surface area contributed by atoms with Gasteiger partial charge in [0.2, 0.25) is 0 Å². The molecule has 0 radical (unpaired) electrons. The second kappa shape index (κ2) is 6.41. The summed E-state index contributed by atoms with van der Waals surface area (Å²) in [5, 5.41) is 36.1. The summed E-state index contributed by atoms with van der Waals surface area (Å²) in [5.41, 5.74) is 0. The molecule has 0 heterocycles. The quantitative estimate of drug-likeness (QED) is 0.209. The van der Waals surface area contributed by atoms with Crippen LogP contribution >= 0.6 is 7.60 Å². The third-order valence-corrected chi connectivity index (χ3v) is 2.94. The first-order valence-corrected chi connectivity index (χ1v) is 6.17. The van der Waals surface area contributed by atoms with E-state index in [1.165, 1.54) is 0 Å². The van der Waals surface area contributed by atoms with Crippen LogP contribution in [0.25, 0.3) is 0 Å². The molecule has 0 aliphatic heterocycles. The number of hydrogen-bond acceptors (Lipinski definition) is 6. The summed E-state index contributed by atoms with van der Waals surface area (Å²) in [6, 6.07) is 0. The molecule has 0 fully saturated rings. The fourth-order valence-corrected chi connectivity index (χ4v) is 2.17. The van der Waals surface area contributed by atoms with Gasteiger partial charge in [-0.2, -0.15) is 0 Å². The minimum atomic E-state index is -4.56. The van der Waals surface area contributed by atoms with Gasteiger partial charge in [0.1, 0.15) is 18.5 Å². The fraction of sp³-hybridized carbons (Fsp3) is 0.857. The predicted molar refractivity (Wildman–Crippen MR) is 51.6 cm³/mol. The molecule has 0 spiro atoms. The minimum absolute atomic E-state index is 0.00631. The molecule has 0 aromatic carbocycles. The highest BCUT2D eigenvalue weighted by Gasteiger charge is 2.36. The number of hydrogen-bond donors (Lipinski definition) is 6. The van der Waals surface area contributed by atoms with Crippen molar-refractivity contribution in [2.45, 2.75) is 18.3 Å². The van der Waals surface area contributed by atoms with Crippen molar-refractivity contribution >= 4 is 13.9 Å². The molecule has 0 aliphatic carbocycles. The summed E-state index contributed by atoms with van der Waals surface area (Å²) in [6.07, 6.45) is -6.30. The maximum Gasteiger partial charge on any atom is 0.326 e. The van der Waals surface area contributed by atoms with Gasteiger partial charge in [0.25, 0.3) is 0 Å². The second-order valence-corrected chi connectivity index (χ2v) is 5.07. The van der Waals surface area contributed by atoms with E-state index >= 15 is 0 Å². The molecule has 0 rings (SSSR count). The Labute approximate surface area is 91.3 Å². The van der Waals surface area contributed by atoms with Crippen LogP contribution in [0.1, 0.15) is 0 Å². The van der Waals surface area contributed by atoms with E-state index in [1.807, 2.05) is 0 Å². The maximum atomic E-state index is 10.7. The maximum absolute atomic E-state index is 10.7. The van der Waals surface area contributed by atoms with Crippen LogP contribution in [-0.2, 0) is 9.36 Å². The van der Waals surface area contributed by atoms with E-state index in [-0.39, 0.29) is 6.29 Å². The summed E-state index contributed by atoms with van der Waals surface area (Å²) in [5.74, 6) is -1.54. The largest absolute Gasteiger partial charge is 0.394 e. The van der Waals surface area contributed by atoms with Crippen molar-refractivity contribution in [3.63, 3.8) is 0 Å². The van der Waals surface area contributed by atoms with E-state index in [2.05, 4.69) is 0 Å². The molecule has 9 heteroatoms. The lowest BCUT2D eigenvalue weighted by Crippen LogP contribution is -2.44. The molecule has 0 saturated heterocycles. The Balaban J connectivity index is 4.80. The Bertz CT molecular complexity index is 263. The first-order chi connectivity index (χ1) is 7.22. The van der Waals surface area contributed by atoms with Gasteiger partial charge in [-0.05, 0) is 0 Å². The zero-order valence-electron chi connectivity index (χ0n) is 8.25. The van der Waals surface area contributed by atoms with Crippen molar-refractivity contribution < 1.29 is 39.6 Å². The number of rotatable bonds is 7. The van der Waals surface area contributed by atoms with Crippen molar-refractivity contribution in [3.05, 3.63) is 0 Å². The normalized spacial score (nSPS) is 19.9. The van der Waals surface area contributed by atoms with E-state index in [0.29, 0.717) is 0 Å². The van der Waals surface area contributed by atoms with Crippen LogP contribution in [0.5, 0.6) is 0 Å². The van der Waals surface area contributed by atoms with Crippen molar-refractivity contribution in [2.75, 3.05) is 12.8 Å². The molecule has 0 amide bonds. The lowest BCUT2D eigenvalue weighted by atomic mass is 9.95. The standard InChI is InChI=1S/C7H15O8P/c8-1-5(10)4(3-16(13,14)15)7(12)6(11)2-9/h1,4-7,9-12H,2-3H2,(H2,13,14,15)/t4-,5-,6+,7-/m0/s1. The van der Waals surface area contributed by atoms with Gasteiger partial charge in [-0.1, -0.05) is 0 Å². The Morgan fingerprint density at radius 2 is 1.69 bits per heavy atom. The van der Waals surface area contributed by atoms with E-state index in [0.717, 1.165) is 0 Å². The number of carbonyl (C=O) groups excluding carboxylic acids is 1. The summed E-state index contributed by atoms with van der Waals surface area (Å²) in [7, 11) is -4.56. The summed E-state index contributed by atoms with van der Waals surface area (Å²) in [4.78, 5) is 27.6. The molecule has 0 unspecified atom stereocenters. The third-order valence-electron chi connectivity index (χ3n) is 2.05. The Kier molecular flexibility index (Phi) is 6.27. The van der Waals surface area contributed by atoms with E-state index < -0.39 is 44.6 Å². The summed E-state index contributed by atoms with van der Waals surface area (Å²) < 4.78 is 10.7. The van der Waals surface area contributed by atoms with E-state index in [4.69, 9.17) is 25.1 Å². The third kappa shape index (κ3) is 5.13. The van der Waals surface area contributed by atoms with Gasteiger partial charge in [0.15, 0.2) is 0 Å². The lowest BCUT2D eigenvalue weighted by molar-refractivity contribution is -0.123. The average molecular weight is 258 g/mol. The molecular formula is C7H15O8P. The number of aldehydes is 1. The number of carbonyl (C=O) groups is 1. The topological polar surface area (TPSA) is 156 Å². The lowest BCUT2D eigenvalue weighted by Gasteiger charge is -2.27. The first-order valence-electron chi connectivity index (χ1n) is 4.38. The van der Waals surface area contributed by atoms with Crippen LogP contribution < -0.4 is 0 Å². The van der Waals surface area contributed by atoms with Crippen LogP contribution in [0, 0.1) is 5.92 Å². The van der Waals surface area contributed by atoms with Crippen LogP contribution in [0.2, 0.25) is 0 Å². The highest BCUT2D eigenvalue weighted by molar-refractivity contribution is 7.51. The van der Waals surface area contributed by atoms with Crippen molar-refractivity contribution in [2.24, 2.45) is 5.92 Å². The predicted octanol–water partition coefficient (Wildman–Crippen LogP) is -2.95. The molecule has 0 aromatic heterocycles. The SMILES string of the molecule is O=C[C@H](O)[C@H](CP(=O)(O)O)[C@H](O)[C@H](O)CO. The van der Waals surface area contributed by atoms with Crippen LogP contribution in [0.4, 0.5) is 0 Å². The van der Waals surface area contributed by atoms with Gasteiger partial charge in [0.05, 0.1) is 18.9 Å². The molecular weight excluding hydrogens is 243 g/mol. The highest BCUT2D eigenvalue weighted by Crippen LogP contribution is 2.38. The Morgan fingerprint density at radius 3 is 2.00 bits per heavy atom. The zero-order valence-corrected chi connectivity index (χ0v) is 9.14. The Morgan fingerprint density at radius 1 is 1.19 bits per heavy atom. The molecule has 0 saturated carbocycles. The molecule has 0 aliphatic rings. The van der Waals surface area contributed by atoms with E-state index in [9.17, 15) is 14.5 Å². The van der Waals surface area contributed by atoms with Crippen LogP contribution in [0.3, 0.4) is 0 Å². The molecule has 0 bridgehead atoms. The summed E-state index contributed by atoms with van der Waals surface area (Å²) >= 11 is 0. The first kappa shape index (κ1) is 15.7. The molecule has 16 heavy (non-hydrogen) atoms. The second-order valence-electron chi connectivity index (χ2n) is 3.38. The van der Waals surface area contributed by atoms with Gasteiger partial charge >= 0.3 is 7.60 Å². The van der Waals surface area contributed by atoms with Crippen LogP contribution in [0.15, 0.2) is 0 Å². The van der Waals surface area contributed by atoms with Crippen molar-refractivity contribution in [1.29, 1.82) is 0 Å². The Hall–Kier alpha value is -0.340. The fourth-order valence-electron chi connectivity index (χ4n) is 1.19. The molecule has 4 atom stereocenters. The zero-order chi connectivity index (χ0) is 12.9. The van der Waals surface area contributed by atoms with Gasteiger partial charge in [-0.15, -0.1) is 0 Å². The number of aliphatic hydroxyl groups is 4. The number of aliphatic hydroxyl groups excluding tert-OH is 4. The van der Waals surface area contributed by atoms with Gasteiger partial charge < -0.3 is 35.0 Å². The van der Waals surface area contributed by atoms with Crippen LogP contribution in [-0.4, -0.2) is 67.6 Å². The molecule has 96 valence electrons. The summed E-state index contributed by atoms with van der Waals surface area (Å²) in [6.45, 7) is -0.857. The van der Waals surface area contributed by atoms with Gasteiger partial charge in [-0.25, -0.2) is 0 Å². The smallest absolute Gasteiger partial charge is 0.326 e. The van der Waals surface area contributed by atoms with Gasteiger partial charge in [0, 0.05) is 5.92 Å². The van der Waals surface area contributed by atoms with E-state index in [1.54, 1.807) is 0 Å².